The van der Waals surface area contributed by atoms with E-state index in [1.54, 1.807) is 7.11 Å². The smallest absolute Gasteiger partial charge is 0.228 e. The number of hydrogen-bond donors (Lipinski definition) is 1. The lowest BCUT2D eigenvalue weighted by molar-refractivity contribution is -0.0527. The topological polar surface area (TPSA) is 74.2 Å². The zero-order valence-electron chi connectivity index (χ0n) is 12.0. The molecule has 0 aromatic carbocycles. The fourth-order valence-electron chi connectivity index (χ4n) is 2.86. The van der Waals surface area contributed by atoms with Gasteiger partial charge >= 0.3 is 0 Å². The van der Waals surface area contributed by atoms with Crippen LogP contribution < -0.4 is 5.73 Å². The van der Waals surface area contributed by atoms with Crippen molar-refractivity contribution in [1.82, 2.24) is 10.1 Å². The van der Waals surface area contributed by atoms with E-state index in [1.807, 2.05) is 0 Å². The lowest BCUT2D eigenvalue weighted by atomic mass is 9.84. The third-order valence-electron chi connectivity index (χ3n) is 4.02. The molecule has 5 nitrogen and oxygen atoms in total. The number of aromatic nitrogens is 2. The Labute approximate surface area is 114 Å². The Hall–Kier alpha value is -0.940. The molecule has 1 fully saturated rings. The second-order valence-corrected chi connectivity index (χ2v) is 5.52. The van der Waals surface area contributed by atoms with Crippen LogP contribution in [0.25, 0.3) is 0 Å². The Balaban J connectivity index is 2.06. The minimum atomic E-state index is -0.338. The number of ether oxygens (including phenoxy) is 1. The quantitative estimate of drug-likeness (QED) is 0.857. The third-order valence-corrected chi connectivity index (χ3v) is 4.02. The maximum absolute atomic E-state index is 6.01. The van der Waals surface area contributed by atoms with Gasteiger partial charge in [0.05, 0.1) is 0 Å². The van der Waals surface area contributed by atoms with Gasteiger partial charge in [-0.05, 0) is 19.3 Å². The molecule has 1 heterocycles. The van der Waals surface area contributed by atoms with E-state index in [1.165, 1.54) is 6.42 Å². The average molecular weight is 267 g/mol. The molecular formula is C14H25N3O2. The van der Waals surface area contributed by atoms with Crippen molar-refractivity contribution in [1.29, 1.82) is 0 Å². The van der Waals surface area contributed by atoms with Crippen molar-refractivity contribution in [2.75, 3.05) is 7.11 Å². The minimum absolute atomic E-state index is 0.100. The number of rotatable bonds is 6. The molecule has 1 aliphatic rings. The van der Waals surface area contributed by atoms with Gasteiger partial charge in [-0.2, -0.15) is 4.98 Å². The standard InChI is InChI=1S/C14H25N3O2/c1-3-7-11(15)10-12-16-13(17-19-12)14(18-2)8-5-4-6-9-14/h11H,3-10,15H2,1-2H3. The van der Waals surface area contributed by atoms with Gasteiger partial charge in [0.25, 0.3) is 0 Å². The van der Waals surface area contributed by atoms with Crippen molar-refractivity contribution in [3.05, 3.63) is 11.7 Å². The van der Waals surface area contributed by atoms with E-state index in [4.69, 9.17) is 15.0 Å². The molecule has 0 spiro atoms. The van der Waals surface area contributed by atoms with Crippen LogP contribution in [0.3, 0.4) is 0 Å². The van der Waals surface area contributed by atoms with Crippen LogP contribution in [0.2, 0.25) is 0 Å². The van der Waals surface area contributed by atoms with Gasteiger partial charge in [-0.3, -0.25) is 0 Å². The number of nitrogens with zero attached hydrogens (tertiary/aromatic N) is 2. The molecule has 1 unspecified atom stereocenters. The normalized spacial score (nSPS) is 20.4. The molecule has 0 amide bonds. The SMILES string of the molecule is CCCC(N)Cc1nc(C2(OC)CCCCC2)no1. The molecule has 19 heavy (non-hydrogen) atoms. The molecule has 2 rings (SSSR count). The summed E-state index contributed by atoms with van der Waals surface area (Å²) in [6.45, 7) is 2.13. The predicted octanol–water partition coefficient (Wildman–Crippen LogP) is 2.55. The summed E-state index contributed by atoms with van der Waals surface area (Å²) < 4.78 is 11.1. The van der Waals surface area contributed by atoms with E-state index < -0.39 is 0 Å². The third kappa shape index (κ3) is 3.34. The van der Waals surface area contributed by atoms with Crippen LogP contribution in [0.15, 0.2) is 4.52 Å². The number of hydrogen-bond acceptors (Lipinski definition) is 5. The Morgan fingerprint density at radius 3 is 2.74 bits per heavy atom. The van der Waals surface area contributed by atoms with Gasteiger partial charge < -0.3 is 15.0 Å². The Morgan fingerprint density at radius 1 is 1.37 bits per heavy atom. The summed E-state index contributed by atoms with van der Waals surface area (Å²) in [5.74, 6) is 1.34. The highest BCUT2D eigenvalue weighted by molar-refractivity contribution is 5.03. The van der Waals surface area contributed by atoms with Crippen molar-refractivity contribution in [2.45, 2.75) is 69.9 Å². The van der Waals surface area contributed by atoms with Gasteiger partial charge in [0, 0.05) is 19.6 Å². The molecule has 1 saturated carbocycles. The van der Waals surface area contributed by atoms with Gasteiger partial charge in [-0.15, -0.1) is 0 Å². The Kier molecular flexibility index (Phi) is 4.93. The highest BCUT2D eigenvalue weighted by atomic mass is 16.5. The maximum Gasteiger partial charge on any atom is 0.228 e. The molecule has 0 saturated heterocycles. The van der Waals surface area contributed by atoms with Crippen molar-refractivity contribution in [2.24, 2.45) is 5.73 Å². The molecule has 5 heteroatoms. The largest absolute Gasteiger partial charge is 0.370 e. The number of methoxy groups -OCH3 is 1. The van der Waals surface area contributed by atoms with Crippen LogP contribution in [-0.4, -0.2) is 23.3 Å². The second kappa shape index (κ2) is 6.48. The Bertz CT molecular complexity index is 386. The van der Waals surface area contributed by atoms with Crippen LogP contribution in [0.4, 0.5) is 0 Å². The Morgan fingerprint density at radius 2 is 2.11 bits per heavy atom. The van der Waals surface area contributed by atoms with Crippen LogP contribution in [-0.2, 0) is 16.8 Å². The average Bonchev–Trinajstić information content (AvgIpc) is 2.89. The van der Waals surface area contributed by atoms with Gasteiger partial charge in [-0.25, -0.2) is 0 Å². The summed E-state index contributed by atoms with van der Waals surface area (Å²) >= 11 is 0. The summed E-state index contributed by atoms with van der Waals surface area (Å²) in [5, 5.41) is 4.13. The van der Waals surface area contributed by atoms with Gasteiger partial charge in [-0.1, -0.05) is 37.8 Å². The molecule has 108 valence electrons. The van der Waals surface area contributed by atoms with Gasteiger partial charge in [0.1, 0.15) is 5.60 Å². The monoisotopic (exact) mass is 267 g/mol. The molecule has 0 radical (unpaired) electrons. The zero-order valence-corrected chi connectivity index (χ0v) is 12.0. The first-order chi connectivity index (χ1) is 9.20. The fourth-order valence-corrected chi connectivity index (χ4v) is 2.86. The zero-order chi connectivity index (χ0) is 13.7. The molecule has 1 aromatic heterocycles. The van der Waals surface area contributed by atoms with Crippen LogP contribution in [0.1, 0.15) is 63.6 Å². The lowest BCUT2D eigenvalue weighted by Crippen LogP contribution is -2.32. The predicted molar refractivity (Wildman–Crippen MR) is 72.7 cm³/mol. The van der Waals surface area contributed by atoms with Crippen molar-refractivity contribution < 1.29 is 9.26 Å². The van der Waals surface area contributed by atoms with E-state index in [9.17, 15) is 0 Å². The van der Waals surface area contributed by atoms with E-state index >= 15 is 0 Å². The summed E-state index contributed by atoms with van der Waals surface area (Å²) in [6.07, 6.45) is 8.24. The van der Waals surface area contributed by atoms with E-state index in [2.05, 4.69) is 17.1 Å². The summed E-state index contributed by atoms with van der Waals surface area (Å²) in [5.41, 5.74) is 5.67. The van der Waals surface area contributed by atoms with Crippen LogP contribution in [0.5, 0.6) is 0 Å². The molecule has 2 N–H and O–H groups in total. The molecule has 1 atom stereocenters. The van der Waals surface area contributed by atoms with Crippen molar-refractivity contribution in [3.8, 4) is 0 Å². The van der Waals surface area contributed by atoms with E-state index in [0.29, 0.717) is 18.1 Å². The van der Waals surface area contributed by atoms with Crippen molar-refractivity contribution in [3.63, 3.8) is 0 Å². The molecule has 1 aromatic rings. The lowest BCUT2D eigenvalue weighted by Gasteiger charge is -2.32. The molecular weight excluding hydrogens is 242 g/mol. The first-order valence-corrected chi connectivity index (χ1v) is 7.34. The van der Waals surface area contributed by atoms with E-state index in [0.717, 1.165) is 38.5 Å². The molecule has 0 aliphatic heterocycles. The van der Waals surface area contributed by atoms with Crippen molar-refractivity contribution >= 4 is 0 Å². The first kappa shape index (κ1) is 14.5. The summed E-state index contributed by atoms with van der Waals surface area (Å²) in [4.78, 5) is 4.52. The second-order valence-electron chi connectivity index (χ2n) is 5.52. The van der Waals surface area contributed by atoms with E-state index in [-0.39, 0.29) is 11.6 Å². The molecule has 1 aliphatic carbocycles. The minimum Gasteiger partial charge on any atom is -0.370 e. The van der Waals surface area contributed by atoms with Gasteiger partial charge in [0.15, 0.2) is 0 Å². The summed E-state index contributed by atoms with van der Waals surface area (Å²) in [6, 6.07) is 0.100. The highest BCUT2D eigenvalue weighted by Crippen LogP contribution is 2.38. The van der Waals surface area contributed by atoms with Crippen LogP contribution >= 0.6 is 0 Å². The first-order valence-electron chi connectivity index (χ1n) is 7.34. The van der Waals surface area contributed by atoms with Crippen LogP contribution in [0, 0.1) is 0 Å². The highest BCUT2D eigenvalue weighted by Gasteiger charge is 2.38. The maximum atomic E-state index is 6.01. The fraction of sp³-hybridized carbons (Fsp3) is 0.857. The number of nitrogens with two attached hydrogens (primary N) is 1. The summed E-state index contributed by atoms with van der Waals surface area (Å²) in [7, 11) is 1.74. The van der Waals surface area contributed by atoms with Gasteiger partial charge in [0.2, 0.25) is 11.7 Å². The molecule has 0 bridgehead atoms.